The molecule has 1 rings (SSSR count). The van der Waals surface area contributed by atoms with E-state index < -0.39 is 7.94 Å². The van der Waals surface area contributed by atoms with Crippen LogP contribution in [-0.4, -0.2) is 29.0 Å². The van der Waals surface area contributed by atoms with Gasteiger partial charge in [-0.1, -0.05) is 0 Å². The summed E-state index contributed by atoms with van der Waals surface area (Å²) in [5.74, 6) is -0.0999. The van der Waals surface area contributed by atoms with Crippen molar-refractivity contribution < 1.29 is 18.7 Å². The maximum Gasteiger partial charge on any atom is 0.417 e. The lowest BCUT2D eigenvalue weighted by atomic mass is 10.2. The minimum absolute atomic E-state index is 0.00167. The second-order valence-corrected chi connectivity index (χ2v) is 5.58. The largest absolute Gasteiger partial charge is 0.417 e. The first kappa shape index (κ1) is 11.1. The Kier molecular flexibility index (Phi) is 3.41. The van der Waals surface area contributed by atoms with Crippen LogP contribution in [0.5, 0.6) is 0 Å². The van der Waals surface area contributed by atoms with Gasteiger partial charge in [-0.2, -0.15) is 13.9 Å². The number of rotatable bonds is 2. The van der Waals surface area contributed by atoms with E-state index in [-0.39, 0.29) is 24.2 Å². The van der Waals surface area contributed by atoms with E-state index in [4.69, 9.17) is 9.05 Å². The predicted molar refractivity (Wildman–Crippen MR) is 50.4 cm³/mol. The number of carbonyl (C=O) groups excluding carboxylic acids is 1. The lowest BCUT2D eigenvalue weighted by Gasteiger charge is -2.28. The van der Waals surface area contributed by atoms with Crippen LogP contribution in [0.15, 0.2) is 0 Å². The summed E-state index contributed by atoms with van der Waals surface area (Å²) in [6.45, 7) is 5.18. The average molecular weight is 207 g/mol. The highest BCUT2D eigenvalue weighted by Crippen LogP contribution is 2.61. The molecule has 1 fully saturated rings. The third-order valence-electron chi connectivity index (χ3n) is 1.78. The Bertz CT molecular complexity index is 196. The van der Waals surface area contributed by atoms with Crippen LogP contribution in [0.2, 0.25) is 0 Å². The van der Waals surface area contributed by atoms with Gasteiger partial charge in [0.05, 0.1) is 0 Å². The third kappa shape index (κ3) is 3.31. The summed E-state index contributed by atoms with van der Waals surface area (Å²) in [4.78, 5) is 20.7. The predicted octanol–water partition coefficient (Wildman–Crippen LogP) is 1.54. The first-order valence-electron chi connectivity index (χ1n) is 4.38. The quantitative estimate of drug-likeness (QED) is 0.698. The summed E-state index contributed by atoms with van der Waals surface area (Å²) in [7, 11) is -2.88. The molecule has 2 atom stereocenters. The molecule has 0 aromatic rings. The molecule has 1 aliphatic heterocycles. The van der Waals surface area contributed by atoms with Gasteiger partial charge in [0.15, 0.2) is 11.9 Å². The Labute approximate surface area is 78.8 Å². The van der Waals surface area contributed by atoms with Crippen molar-refractivity contribution in [1.29, 1.82) is 0 Å². The van der Waals surface area contributed by atoms with Gasteiger partial charge in [0, 0.05) is 6.42 Å². The summed E-state index contributed by atoms with van der Waals surface area (Å²) >= 11 is 0. The number of carbonyl (C=O) groups is 1. The van der Waals surface area contributed by atoms with Crippen molar-refractivity contribution >= 4 is 13.7 Å². The van der Waals surface area contributed by atoms with Crippen LogP contribution in [-0.2, 0) is 13.8 Å². The van der Waals surface area contributed by atoms with Crippen LogP contribution < -0.4 is 0 Å². The van der Waals surface area contributed by atoms with E-state index in [2.05, 4.69) is 0 Å². The van der Waals surface area contributed by atoms with Crippen LogP contribution in [0, 0.1) is 0 Å². The molecule has 0 bridgehead atoms. The molecule has 4 nitrogen and oxygen atoms in total. The van der Waals surface area contributed by atoms with Gasteiger partial charge >= 0.3 is 7.94 Å². The van der Waals surface area contributed by atoms with Crippen molar-refractivity contribution in [3.05, 3.63) is 0 Å². The summed E-state index contributed by atoms with van der Waals surface area (Å²) < 4.78 is 10.6. The van der Waals surface area contributed by atoms with Crippen LogP contribution in [0.25, 0.3) is 0 Å². The SMILES string of the molecule is CC(=O)C[P+]1(O)O[C@H](C)C[C@@H](C)O1. The fourth-order valence-corrected chi connectivity index (χ4v) is 3.55. The standard InChI is InChI=1S/C8H16O4P/c1-6(9)5-13(10)11-7(2)4-8(3)12-13/h7-8,10H,4-5H2,1-3H3/q+1/t7-,8-/m1/s1. The lowest BCUT2D eigenvalue weighted by molar-refractivity contribution is -0.115. The number of hydrogen-bond donors (Lipinski definition) is 1. The molecule has 0 spiro atoms. The lowest BCUT2D eigenvalue weighted by Crippen LogP contribution is -2.29. The van der Waals surface area contributed by atoms with Crippen molar-refractivity contribution in [2.75, 3.05) is 6.16 Å². The maximum atomic E-state index is 10.8. The van der Waals surface area contributed by atoms with E-state index in [1.54, 1.807) is 0 Å². The van der Waals surface area contributed by atoms with E-state index >= 15 is 0 Å². The summed E-state index contributed by atoms with van der Waals surface area (Å²) in [5.41, 5.74) is 0. The van der Waals surface area contributed by atoms with E-state index in [1.807, 2.05) is 13.8 Å². The van der Waals surface area contributed by atoms with Crippen molar-refractivity contribution in [3.63, 3.8) is 0 Å². The summed E-state index contributed by atoms with van der Waals surface area (Å²) in [6.07, 6.45) is 0.713. The molecule has 1 heterocycles. The molecule has 1 aliphatic rings. The highest BCUT2D eigenvalue weighted by Gasteiger charge is 2.49. The Morgan fingerprint density at radius 2 is 1.92 bits per heavy atom. The number of hydrogen-bond acceptors (Lipinski definition) is 4. The molecule has 1 N–H and O–H groups in total. The zero-order valence-electron chi connectivity index (χ0n) is 8.19. The molecule has 0 radical (unpaired) electrons. The Balaban J connectivity index is 2.60. The second kappa shape index (κ2) is 4.01. The molecule has 0 saturated carbocycles. The summed E-state index contributed by atoms with van der Waals surface area (Å²) in [5, 5.41) is 0. The first-order chi connectivity index (χ1) is 5.91. The first-order valence-corrected chi connectivity index (χ1v) is 6.14. The number of Topliss-reactive ketones (excluding diaryl/α,β-unsaturated/α-hetero) is 1. The van der Waals surface area contributed by atoms with Crippen LogP contribution in [0.1, 0.15) is 27.2 Å². The molecule has 0 amide bonds. The van der Waals surface area contributed by atoms with E-state index in [0.29, 0.717) is 0 Å². The van der Waals surface area contributed by atoms with Crippen molar-refractivity contribution in [3.8, 4) is 0 Å². The molecule has 5 heteroatoms. The fourth-order valence-electron chi connectivity index (χ4n) is 1.50. The van der Waals surface area contributed by atoms with Crippen molar-refractivity contribution in [2.24, 2.45) is 0 Å². The minimum atomic E-state index is -2.88. The van der Waals surface area contributed by atoms with Gasteiger partial charge in [-0.3, -0.25) is 4.79 Å². The monoisotopic (exact) mass is 207 g/mol. The molecule has 1 saturated heterocycles. The van der Waals surface area contributed by atoms with Gasteiger partial charge in [-0.25, -0.2) is 0 Å². The van der Waals surface area contributed by atoms with Gasteiger partial charge in [-0.05, 0) is 20.8 Å². The zero-order valence-corrected chi connectivity index (χ0v) is 9.08. The van der Waals surface area contributed by atoms with E-state index in [1.165, 1.54) is 6.92 Å². The summed E-state index contributed by atoms with van der Waals surface area (Å²) in [6, 6.07) is 0. The Hall–Kier alpha value is -0.0200. The average Bonchev–Trinajstić information content (AvgIpc) is 1.77. The van der Waals surface area contributed by atoms with E-state index in [9.17, 15) is 9.69 Å². The topological polar surface area (TPSA) is 55.8 Å². The molecule has 0 aromatic carbocycles. The van der Waals surface area contributed by atoms with Crippen LogP contribution in [0.4, 0.5) is 0 Å². The highest BCUT2D eigenvalue weighted by molar-refractivity contribution is 7.61. The Morgan fingerprint density at radius 3 is 2.31 bits per heavy atom. The smallest absolute Gasteiger partial charge is 0.296 e. The van der Waals surface area contributed by atoms with Gasteiger partial charge in [0.25, 0.3) is 0 Å². The van der Waals surface area contributed by atoms with E-state index in [0.717, 1.165) is 6.42 Å². The van der Waals surface area contributed by atoms with Crippen molar-refractivity contribution in [2.45, 2.75) is 39.4 Å². The molecular weight excluding hydrogens is 191 g/mol. The van der Waals surface area contributed by atoms with Gasteiger partial charge in [-0.15, -0.1) is 0 Å². The molecule has 0 aliphatic carbocycles. The highest BCUT2D eigenvalue weighted by atomic mass is 31.2. The van der Waals surface area contributed by atoms with Crippen LogP contribution in [0.3, 0.4) is 0 Å². The Morgan fingerprint density at radius 1 is 1.46 bits per heavy atom. The van der Waals surface area contributed by atoms with Gasteiger partial charge in [0.2, 0.25) is 0 Å². The molecule has 0 unspecified atom stereocenters. The molecule has 76 valence electrons. The van der Waals surface area contributed by atoms with Crippen molar-refractivity contribution in [1.82, 2.24) is 0 Å². The van der Waals surface area contributed by atoms with Crippen LogP contribution >= 0.6 is 7.94 Å². The zero-order chi connectivity index (χ0) is 10.1. The molecular formula is C8H16O4P+. The molecule has 13 heavy (non-hydrogen) atoms. The normalized spacial score (nSPS) is 40.3. The fraction of sp³-hybridized carbons (Fsp3) is 0.875. The third-order valence-corrected chi connectivity index (χ3v) is 4.00. The maximum absolute atomic E-state index is 10.8. The number of ketones is 1. The minimum Gasteiger partial charge on any atom is -0.296 e. The second-order valence-electron chi connectivity index (χ2n) is 3.57. The van der Waals surface area contributed by atoms with Gasteiger partial charge < -0.3 is 0 Å². The van der Waals surface area contributed by atoms with Gasteiger partial charge in [0.1, 0.15) is 12.2 Å². The molecule has 0 aromatic heterocycles.